The third-order valence-corrected chi connectivity index (χ3v) is 2.05. The fraction of sp³-hybridized carbons (Fsp3) is 0.0909. The highest BCUT2D eigenvalue weighted by Crippen LogP contribution is 2.17. The summed E-state index contributed by atoms with van der Waals surface area (Å²) in [7, 11) is 0. The third-order valence-electron chi connectivity index (χ3n) is 2.05. The molecule has 1 aliphatic heterocycles. The first-order valence-electron chi connectivity index (χ1n) is 4.37. The molecule has 0 N–H and O–H groups in total. The summed E-state index contributed by atoms with van der Waals surface area (Å²) in [6, 6.07) is 9.11. The molecular formula is C11H9NO2. The van der Waals surface area contributed by atoms with Gasteiger partial charge in [-0.15, -0.1) is 0 Å². The minimum Gasteiger partial charge on any atom is -0.288 e. The molecule has 70 valence electrons. The maximum absolute atomic E-state index is 11.5. The second-order valence-electron chi connectivity index (χ2n) is 3.02. The van der Waals surface area contributed by atoms with Crippen molar-refractivity contribution in [2.45, 2.75) is 6.42 Å². The Labute approximate surface area is 81.6 Å². The number of para-hydroxylation sites is 1. The van der Waals surface area contributed by atoms with Crippen LogP contribution in [-0.4, -0.2) is 11.7 Å². The van der Waals surface area contributed by atoms with Gasteiger partial charge in [0.05, 0.1) is 0 Å². The van der Waals surface area contributed by atoms with Crippen LogP contribution < -0.4 is 4.90 Å². The van der Waals surface area contributed by atoms with Gasteiger partial charge in [-0.3, -0.25) is 14.5 Å². The van der Waals surface area contributed by atoms with Crippen LogP contribution in [0.4, 0.5) is 5.69 Å². The SMILES string of the molecule is O=C1CC=CN(c2ccccc2)C1=O. The van der Waals surface area contributed by atoms with Crippen LogP contribution in [0.2, 0.25) is 0 Å². The Hall–Kier alpha value is -1.90. The Morgan fingerprint density at radius 1 is 1.07 bits per heavy atom. The number of hydrogen-bond acceptors (Lipinski definition) is 2. The van der Waals surface area contributed by atoms with Crippen LogP contribution in [0.25, 0.3) is 0 Å². The summed E-state index contributed by atoms with van der Waals surface area (Å²) < 4.78 is 0. The zero-order valence-corrected chi connectivity index (χ0v) is 7.51. The van der Waals surface area contributed by atoms with Gasteiger partial charge < -0.3 is 0 Å². The number of rotatable bonds is 1. The van der Waals surface area contributed by atoms with Gasteiger partial charge in [-0.05, 0) is 12.1 Å². The molecule has 0 saturated carbocycles. The first-order chi connectivity index (χ1) is 6.79. The number of allylic oxidation sites excluding steroid dienone is 1. The second-order valence-corrected chi connectivity index (χ2v) is 3.02. The van der Waals surface area contributed by atoms with Gasteiger partial charge in [0.15, 0.2) is 0 Å². The normalized spacial score (nSPS) is 16.1. The highest BCUT2D eigenvalue weighted by molar-refractivity contribution is 6.42. The van der Waals surface area contributed by atoms with Crippen molar-refractivity contribution in [3.63, 3.8) is 0 Å². The molecule has 1 aromatic rings. The predicted molar refractivity (Wildman–Crippen MR) is 52.7 cm³/mol. The van der Waals surface area contributed by atoms with Gasteiger partial charge in [0.2, 0.25) is 5.78 Å². The minimum atomic E-state index is -0.460. The fourth-order valence-electron chi connectivity index (χ4n) is 1.35. The largest absolute Gasteiger partial charge is 0.298 e. The average Bonchev–Trinajstić information content (AvgIpc) is 2.23. The van der Waals surface area contributed by atoms with E-state index in [1.54, 1.807) is 24.4 Å². The second kappa shape index (κ2) is 3.46. The summed E-state index contributed by atoms with van der Waals surface area (Å²) in [5.74, 6) is -0.824. The summed E-state index contributed by atoms with van der Waals surface area (Å²) in [4.78, 5) is 24.0. The zero-order chi connectivity index (χ0) is 9.97. The average molecular weight is 187 g/mol. The van der Waals surface area contributed by atoms with E-state index in [-0.39, 0.29) is 12.2 Å². The van der Waals surface area contributed by atoms with Crippen molar-refractivity contribution in [2.24, 2.45) is 0 Å². The number of hydrogen-bond donors (Lipinski definition) is 0. The molecule has 2 rings (SSSR count). The third kappa shape index (κ3) is 1.44. The van der Waals surface area contributed by atoms with Crippen LogP contribution in [0.15, 0.2) is 42.6 Å². The van der Waals surface area contributed by atoms with Crippen LogP contribution in [0, 0.1) is 0 Å². The molecule has 3 heteroatoms. The quantitative estimate of drug-likeness (QED) is 0.625. The van der Waals surface area contributed by atoms with Gasteiger partial charge in [-0.25, -0.2) is 0 Å². The predicted octanol–water partition coefficient (Wildman–Crippen LogP) is 1.51. The molecule has 14 heavy (non-hydrogen) atoms. The molecule has 1 heterocycles. The number of anilines is 1. The smallest absolute Gasteiger partial charge is 0.288 e. The summed E-state index contributed by atoms with van der Waals surface area (Å²) >= 11 is 0. The molecule has 0 aromatic heterocycles. The zero-order valence-electron chi connectivity index (χ0n) is 7.51. The van der Waals surface area contributed by atoms with E-state index >= 15 is 0 Å². The lowest BCUT2D eigenvalue weighted by Gasteiger charge is -2.20. The van der Waals surface area contributed by atoms with Crippen LogP contribution in [0.1, 0.15) is 6.42 Å². The molecule has 0 spiro atoms. The molecule has 0 saturated heterocycles. The number of ketones is 1. The Kier molecular flexibility index (Phi) is 2.14. The number of nitrogens with zero attached hydrogens (tertiary/aromatic N) is 1. The van der Waals surface area contributed by atoms with Crippen LogP contribution in [0.5, 0.6) is 0 Å². The number of carbonyl (C=O) groups is 2. The van der Waals surface area contributed by atoms with E-state index in [0.29, 0.717) is 0 Å². The van der Waals surface area contributed by atoms with Gasteiger partial charge >= 0.3 is 0 Å². The molecule has 0 fully saturated rings. The van der Waals surface area contributed by atoms with Gasteiger partial charge in [0.1, 0.15) is 0 Å². The van der Waals surface area contributed by atoms with E-state index in [4.69, 9.17) is 0 Å². The van der Waals surface area contributed by atoms with Crippen LogP contribution >= 0.6 is 0 Å². The van der Waals surface area contributed by atoms with Gasteiger partial charge in [-0.2, -0.15) is 0 Å². The van der Waals surface area contributed by atoms with Gasteiger partial charge in [0, 0.05) is 18.3 Å². The molecule has 0 atom stereocenters. The minimum absolute atomic E-state index is 0.210. The van der Waals surface area contributed by atoms with E-state index in [1.165, 1.54) is 4.90 Å². The van der Waals surface area contributed by atoms with Gasteiger partial charge in [0.25, 0.3) is 5.91 Å². The number of Topliss-reactive ketones (excluding diaryl/α,β-unsaturated/α-hetero) is 1. The van der Waals surface area contributed by atoms with E-state index in [9.17, 15) is 9.59 Å². The maximum Gasteiger partial charge on any atom is 0.298 e. The molecule has 1 aliphatic rings. The first kappa shape index (κ1) is 8.69. The van der Waals surface area contributed by atoms with E-state index in [2.05, 4.69) is 0 Å². The highest BCUT2D eigenvalue weighted by atomic mass is 16.2. The van der Waals surface area contributed by atoms with Crippen molar-refractivity contribution in [2.75, 3.05) is 4.90 Å². The monoisotopic (exact) mass is 187 g/mol. The van der Waals surface area contributed by atoms with Crippen LogP contribution in [-0.2, 0) is 9.59 Å². The molecule has 0 unspecified atom stereocenters. The Morgan fingerprint density at radius 3 is 2.50 bits per heavy atom. The Balaban J connectivity index is 2.36. The Morgan fingerprint density at radius 2 is 1.79 bits per heavy atom. The lowest BCUT2D eigenvalue weighted by molar-refractivity contribution is -0.135. The molecular weight excluding hydrogens is 178 g/mol. The lowest BCUT2D eigenvalue weighted by Crippen LogP contribution is -2.34. The topological polar surface area (TPSA) is 37.4 Å². The van der Waals surface area contributed by atoms with Crippen molar-refractivity contribution in [1.29, 1.82) is 0 Å². The summed E-state index contributed by atoms with van der Waals surface area (Å²) in [6.45, 7) is 0. The fourth-order valence-corrected chi connectivity index (χ4v) is 1.35. The molecule has 0 bridgehead atoms. The van der Waals surface area contributed by atoms with Crippen molar-refractivity contribution in [1.82, 2.24) is 0 Å². The maximum atomic E-state index is 11.5. The molecule has 1 aromatic carbocycles. The molecule has 3 nitrogen and oxygen atoms in total. The lowest BCUT2D eigenvalue weighted by atomic mass is 10.1. The summed E-state index contributed by atoms with van der Waals surface area (Å²) in [5, 5.41) is 0. The number of amides is 1. The summed E-state index contributed by atoms with van der Waals surface area (Å²) in [6.07, 6.45) is 3.54. The first-order valence-corrected chi connectivity index (χ1v) is 4.37. The Bertz CT molecular complexity index is 395. The highest BCUT2D eigenvalue weighted by Gasteiger charge is 2.23. The number of benzene rings is 1. The van der Waals surface area contributed by atoms with Crippen molar-refractivity contribution in [3.8, 4) is 0 Å². The molecule has 1 amide bonds. The van der Waals surface area contributed by atoms with Gasteiger partial charge in [-0.1, -0.05) is 24.3 Å². The molecule has 0 radical (unpaired) electrons. The van der Waals surface area contributed by atoms with E-state index in [1.807, 2.05) is 18.2 Å². The number of carbonyl (C=O) groups excluding carboxylic acids is 2. The standard InChI is InChI=1S/C11H9NO2/c13-10-7-4-8-12(11(10)14)9-5-2-1-3-6-9/h1-6,8H,7H2. The van der Waals surface area contributed by atoms with E-state index < -0.39 is 5.91 Å². The summed E-state index contributed by atoms with van der Waals surface area (Å²) in [5.41, 5.74) is 0.724. The molecule has 0 aliphatic carbocycles. The van der Waals surface area contributed by atoms with E-state index in [0.717, 1.165) is 5.69 Å². The van der Waals surface area contributed by atoms with Crippen molar-refractivity contribution < 1.29 is 9.59 Å². The van der Waals surface area contributed by atoms with Crippen molar-refractivity contribution in [3.05, 3.63) is 42.6 Å². The van der Waals surface area contributed by atoms with Crippen LogP contribution in [0.3, 0.4) is 0 Å². The van der Waals surface area contributed by atoms with Crippen molar-refractivity contribution >= 4 is 17.4 Å².